The van der Waals surface area contributed by atoms with Gasteiger partial charge in [-0.1, -0.05) is 74.4 Å². The number of aromatic amines is 2. The summed E-state index contributed by atoms with van der Waals surface area (Å²) in [4.78, 5) is 62.9. The highest BCUT2D eigenvalue weighted by molar-refractivity contribution is 7.88. The number of nitrogens with one attached hydrogen (secondary N) is 2. The summed E-state index contributed by atoms with van der Waals surface area (Å²) in [5.74, 6) is 0.747. The van der Waals surface area contributed by atoms with Crippen LogP contribution in [0.25, 0.3) is 12.2 Å². The van der Waals surface area contributed by atoms with Crippen LogP contribution < -0.4 is 32.2 Å². The third-order valence-electron chi connectivity index (χ3n) is 10.6. The molecule has 0 bridgehead atoms. The Labute approximate surface area is 377 Å². The summed E-state index contributed by atoms with van der Waals surface area (Å²) in [5, 5.41) is 0. The zero-order chi connectivity index (χ0) is 43.7. The molecule has 4 aromatic rings. The van der Waals surface area contributed by atoms with Crippen molar-refractivity contribution in [2.24, 2.45) is 0 Å². The summed E-state index contributed by atoms with van der Waals surface area (Å²) < 4.78 is 12.8. The van der Waals surface area contributed by atoms with Crippen LogP contribution in [0.15, 0.2) is 110 Å². The van der Waals surface area contributed by atoms with Crippen LogP contribution in [0.2, 0.25) is 0 Å². The number of hydrogen-bond acceptors (Lipinski definition) is 8. The minimum atomic E-state index is -0.0706. The molecule has 13 heteroatoms. The van der Waals surface area contributed by atoms with Gasteiger partial charge in [0.1, 0.15) is 0 Å². The van der Waals surface area contributed by atoms with Crippen LogP contribution in [-0.4, -0.2) is 47.1 Å². The Morgan fingerprint density at radius 3 is 1.39 bits per heavy atom. The van der Waals surface area contributed by atoms with Crippen LogP contribution in [-0.2, 0) is 41.2 Å². The number of ketones is 2. The SMILES string of the molecule is CC1Cc2ccccc2N1C(=O)CCCCCCC(=O)/C=C/c1ccc[nH+]c1.CC1Cc2ccccc2N1C(=O)CCCCCCC(=O)/C=C/c1ccc[nH+]c1.COOS[O-].[Cl-]. The lowest BCUT2D eigenvalue weighted by Crippen LogP contribution is -3.00. The first-order valence-corrected chi connectivity index (χ1v) is 22.0. The molecule has 0 aliphatic carbocycles. The van der Waals surface area contributed by atoms with Gasteiger partial charge in [-0.2, -0.15) is 4.33 Å². The molecule has 2 aliphatic rings. The molecule has 0 fully saturated rings. The molecule has 6 rings (SSSR count). The number of hydrogen-bond donors (Lipinski definition) is 0. The third kappa shape index (κ3) is 17.8. The number of pyridine rings is 2. The number of aromatic nitrogens is 2. The molecule has 2 aromatic heterocycles. The fraction of sp³-hybridized carbons (Fsp3) is 0.388. The van der Waals surface area contributed by atoms with Gasteiger partial charge < -0.3 is 26.8 Å². The van der Waals surface area contributed by atoms with Gasteiger partial charge in [0.05, 0.1) is 7.11 Å². The maximum absolute atomic E-state index is 12.6. The van der Waals surface area contributed by atoms with Crippen molar-refractivity contribution in [2.45, 2.75) is 116 Å². The van der Waals surface area contributed by atoms with E-state index in [2.05, 4.69) is 45.2 Å². The van der Waals surface area contributed by atoms with Crippen LogP contribution >= 0.6 is 12.3 Å². The number of benzene rings is 2. The number of carbonyl (C=O) groups excluding carboxylic acids is 4. The first-order valence-electron chi connectivity index (χ1n) is 21.3. The minimum Gasteiger partial charge on any atom is -1.00 e. The number of rotatable bonds is 20. The molecular formula is C49H61ClN4O7S. The second-order valence-electron chi connectivity index (χ2n) is 15.3. The van der Waals surface area contributed by atoms with E-state index in [0.29, 0.717) is 25.7 Å². The van der Waals surface area contributed by atoms with Crippen LogP contribution in [0.1, 0.15) is 113 Å². The van der Waals surface area contributed by atoms with E-state index in [9.17, 15) is 19.2 Å². The van der Waals surface area contributed by atoms with Gasteiger partial charge in [-0.05, 0) is 112 Å². The molecule has 2 N–H and O–H groups in total. The van der Waals surface area contributed by atoms with Gasteiger partial charge in [-0.3, -0.25) is 19.2 Å². The van der Waals surface area contributed by atoms with Crippen LogP contribution in [0.4, 0.5) is 11.4 Å². The Balaban J connectivity index is 0.000000294. The predicted molar refractivity (Wildman–Crippen MR) is 240 cm³/mol. The molecule has 0 saturated heterocycles. The molecule has 2 atom stereocenters. The van der Waals surface area contributed by atoms with Gasteiger partial charge in [0.15, 0.2) is 36.4 Å². The van der Waals surface area contributed by atoms with Crippen molar-refractivity contribution in [3.8, 4) is 0 Å². The molecule has 332 valence electrons. The summed E-state index contributed by atoms with van der Waals surface area (Å²) >= 11 is -0.0706. The van der Waals surface area contributed by atoms with Crippen molar-refractivity contribution >= 4 is 59.2 Å². The van der Waals surface area contributed by atoms with Crippen molar-refractivity contribution < 1.29 is 55.3 Å². The summed E-state index contributed by atoms with van der Waals surface area (Å²) in [6, 6.07) is 24.6. The second-order valence-corrected chi connectivity index (χ2v) is 15.6. The van der Waals surface area contributed by atoms with Crippen LogP contribution in [0, 0.1) is 0 Å². The highest BCUT2D eigenvalue weighted by Crippen LogP contribution is 2.33. The first kappa shape index (κ1) is 51.4. The maximum atomic E-state index is 12.6. The minimum absolute atomic E-state index is 0. The van der Waals surface area contributed by atoms with Gasteiger partial charge >= 0.3 is 0 Å². The van der Waals surface area contributed by atoms with E-state index in [1.54, 1.807) is 12.2 Å². The van der Waals surface area contributed by atoms with Crippen molar-refractivity contribution in [3.63, 3.8) is 0 Å². The quantitative estimate of drug-likeness (QED) is 0.0338. The van der Waals surface area contributed by atoms with E-state index < -0.39 is 0 Å². The van der Waals surface area contributed by atoms with Crippen molar-refractivity contribution in [1.29, 1.82) is 0 Å². The molecule has 0 saturated carbocycles. The summed E-state index contributed by atoms with van der Waals surface area (Å²) in [7, 11) is 1.27. The van der Waals surface area contributed by atoms with Crippen molar-refractivity contribution in [3.05, 3.63) is 132 Å². The molecular weight excluding hydrogens is 824 g/mol. The summed E-state index contributed by atoms with van der Waals surface area (Å²) in [5.41, 5.74) is 6.67. The number of carbonyl (C=O) groups is 4. The van der Waals surface area contributed by atoms with Crippen LogP contribution in [0.5, 0.6) is 0 Å². The Morgan fingerprint density at radius 1 is 0.629 bits per heavy atom. The smallest absolute Gasteiger partial charge is 0.227 e. The zero-order valence-corrected chi connectivity index (χ0v) is 37.7. The Kier molecular flexibility index (Phi) is 24.3. The molecule has 0 spiro atoms. The number of allylic oxidation sites excluding steroid dienone is 2. The molecule has 2 amide bonds. The normalized spacial score (nSPS) is 14.9. The number of amides is 2. The summed E-state index contributed by atoms with van der Waals surface area (Å²) in [6.45, 7) is 4.23. The van der Waals surface area contributed by atoms with E-state index in [-0.39, 0.29) is 60.2 Å². The highest BCUT2D eigenvalue weighted by atomic mass is 35.5. The van der Waals surface area contributed by atoms with Gasteiger partial charge in [0.25, 0.3) is 0 Å². The molecule has 4 heterocycles. The number of nitrogens with zero attached hydrogens (tertiary/aromatic N) is 2. The van der Waals surface area contributed by atoms with E-state index >= 15 is 0 Å². The largest absolute Gasteiger partial charge is 1.00 e. The molecule has 2 unspecified atom stereocenters. The first-order chi connectivity index (χ1) is 29.7. The van der Waals surface area contributed by atoms with E-state index in [1.807, 2.05) is 107 Å². The zero-order valence-electron chi connectivity index (χ0n) is 36.1. The third-order valence-corrected chi connectivity index (χ3v) is 10.8. The van der Waals surface area contributed by atoms with Gasteiger partial charge in [0, 0.05) is 72.4 Å². The van der Waals surface area contributed by atoms with E-state index in [4.69, 9.17) is 4.55 Å². The fourth-order valence-electron chi connectivity index (χ4n) is 7.58. The number of anilines is 2. The van der Waals surface area contributed by atoms with E-state index in [0.717, 1.165) is 86.7 Å². The molecule has 0 radical (unpaired) electrons. The average molecular weight is 886 g/mol. The fourth-order valence-corrected chi connectivity index (χ4v) is 7.64. The van der Waals surface area contributed by atoms with Gasteiger partial charge in [-0.25, -0.2) is 14.9 Å². The number of halogens is 1. The monoisotopic (exact) mass is 884 g/mol. The highest BCUT2D eigenvalue weighted by Gasteiger charge is 2.31. The summed E-state index contributed by atoms with van der Waals surface area (Å²) in [6.07, 6.45) is 26.0. The van der Waals surface area contributed by atoms with Gasteiger partial charge in [-0.15, -0.1) is 0 Å². The predicted octanol–water partition coefficient (Wildman–Crippen LogP) is 6.15. The number of H-pyrrole nitrogens is 2. The number of unbranched alkanes of at least 4 members (excludes halogenated alkanes) is 6. The van der Waals surface area contributed by atoms with Crippen LogP contribution in [0.3, 0.4) is 0 Å². The number of para-hydroxylation sites is 2. The van der Waals surface area contributed by atoms with E-state index in [1.165, 1.54) is 18.2 Å². The standard InChI is InChI=1S/2C24H28N2O2.CH4O3S.ClH/c2*1-19-17-21-10-6-7-12-23(21)26(19)24(28)13-5-3-2-4-11-22(27)15-14-20-9-8-16-25-18-20;1-3-4-5-2;/h2*6-10,12,14-16,18-19H,2-5,11,13,17H2,1H3;2H,1H3;1H/b2*15-14+;;. The Morgan fingerprint density at radius 2 is 1.03 bits per heavy atom. The number of fused-ring (bicyclic) bond motifs is 2. The molecule has 2 aromatic carbocycles. The Hall–Kier alpha value is -4.98. The van der Waals surface area contributed by atoms with Crippen molar-refractivity contribution in [1.82, 2.24) is 0 Å². The van der Waals surface area contributed by atoms with Gasteiger partial charge in [0.2, 0.25) is 11.8 Å². The Bertz CT molecular complexity index is 1870. The molecule has 62 heavy (non-hydrogen) atoms. The lowest BCUT2D eigenvalue weighted by atomic mass is 10.1. The second kappa shape index (κ2) is 29.3. The molecule has 11 nitrogen and oxygen atoms in total. The average Bonchev–Trinajstić information content (AvgIpc) is 3.80. The molecule has 2 aliphatic heterocycles. The lowest BCUT2D eigenvalue weighted by molar-refractivity contribution is -0.378. The topological polar surface area (TPSA) is 145 Å². The maximum Gasteiger partial charge on any atom is 0.227 e. The lowest BCUT2D eigenvalue weighted by Gasteiger charge is -2.22. The van der Waals surface area contributed by atoms with Crippen molar-refractivity contribution in [2.75, 3.05) is 16.9 Å².